The number of carboxylic acids is 1. The van der Waals surface area contributed by atoms with Crippen molar-refractivity contribution in [1.29, 1.82) is 0 Å². The van der Waals surface area contributed by atoms with E-state index >= 15 is 0 Å². The third kappa shape index (κ3) is 2.88. The molecule has 6 heteroatoms. The van der Waals surface area contributed by atoms with Crippen LogP contribution in [0.1, 0.15) is 30.1 Å². The molecule has 0 saturated carbocycles. The van der Waals surface area contributed by atoms with Crippen LogP contribution in [0.4, 0.5) is 0 Å². The Hall–Kier alpha value is -1.40. The minimum Gasteiger partial charge on any atom is -0.480 e. The summed E-state index contributed by atoms with van der Waals surface area (Å²) >= 11 is 0. The molecule has 2 atom stereocenters. The zero-order valence-electron chi connectivity index (χ0n) is 10.7. The summed E-state index contributed by atoms with van der Waals surface area (Å²) in [5.41, 5.74) is 1.45. The van der Waals surface area contributed by atoms with Crippen molar-refractivity contribution in [2.45, 2.75) is 31.9 Å². The number of hydrogen-bond acceptors (Lipinski definition) is 4. The van der Waals surface area contributed by atoms with Gasteiger partial charge >= 0.3 is 5.97 Å². The number of nitrogens with zero attached hydrogens (tertiary/aromatic N) is 2. The molecule has 0 spiro atoms. The van der Waals surface area contributed by atoms with Gasteiger partial charge < -0.3 is 9.84 Å². The van der Waals surface area contributed by atoms with Gasteiger partial charge in [-0.25, -0.2) is 0 Å². The van der Waals surface area contributed by atoms with Gasteiger partial charge in [0.1, 0.15) is 6.04 Å². The standard InChI is InChI=1S/C12H19N3O3/c1-8-10(7-15(2)14-8)11(12(16)17)13-6-9-4-3-5-18-9/h7,9,11,13H,3-6H2,1-2H3,(H,16,17). The van der Waals surface area contributed by atoms with E-state index in [0.29, 0.717) is 12.1 Å². The van der Waals surface area contributed by atoms with Gasteiger partial charge in [-0.15, -0.1) is 0 Å². The van der Waals surface area contributed by atoms with Gasteiger partial charge in [0, 0.05) is 32.0 Å². The lowest BCUT2D eigenvalue weighted by molar-refractivity contribution is -0.139. The quantitative estimate of drug-likeness (QED) is 0.804. The van der Waals surface area contributed by atoms with E-state index in [1.54, 1.807) is 17.9 Å². The van der Waals surface area contributed by atoms with Crippen LogP contribution in [0.25, 0.3) is 0 Å². The lowest BCUT2D eigenvalue weighted by atomic mass is 10.1. The molecule has 1 aliphatic heterocycles. The molecule has 6 nitrogen and oxygen atoms in total. The molecule has 2 N–H and O–H groups in total. The van der Waals surface area contributed by atoms with E-state index < -0.39 is 12.0 Å². The molecule has 0 aromatic carbocycles. The summed E-state index contributed by atoms with van der Waals surface area (Å²) in [6, 6.07) is -0.720. The SMILES string of the molecule is Cc1nn(C)cc1C(NCC1CCCO1)C(=O)O. The fourth-order valence-corrected chi connectivity index (χ4v) is 2.29. The van der Waals surface area contributed by atoms with Gasteiger partial charge in [-0.2, -0.15) is 5.10 Å². The van der Waals surface area contributed by atoms with E-state index in [1.165, 1.54) is 0 Å². The van der Waals surface area contributed by atoms with Crippen LogP contribution in [-0.2, 0) is 16.6 Å². The number of aliphatic carboxylic acids is 1. The van der Waals surface area contributed by atoms with Crippen LogP contribution < -0.4 is 5.32 Å². The van der Waals surface area contributed by atoms with E-state index in [0.717, 1.165) is 25.1 Å². The molecular weight excluding hydrogens is 234 g/mol. The van der Waals surface area contributed by atoms with E-state index in [4.69, 9.17) is 4.74 Å². The maximum Gasteiger partial charge on any atom is 0.325 e. The third-order valence-corrected chi connectivity index (χ3v) is 3.18. The Bertz CT molecular complexity index is 424. The van der Waals surface area contributed by atoms with Crippen molar-refractivity contribution < 1.29 is 14.6 Å². The molecule has 2 heterocycles. The topological polar surface area (TPSA) is 76.4 Å². The third-order valence-electron chi connectivity index (χ3n) is 3.18. The molecule has 2 unspecified atom stereocenters. The molecule has 1 aromatic rings. The Morgan fingerprint density at radius 3 is 3.06 bits per heavy atom. The molecule has 2 rings (SSSR count). The summed E-state index contributed by atoms with van der Waals surface area (Å²) in [4.78, 5) is 11.3. The lowest BCUT2D eigenvalue weighted by Crippen LogP contribution is -2.34. The van der Waals surface area contributed by atoms with E-state index in [-0.39, 0.29) is 6.10 Å². The van der Waals surface area contributed by atoms with Gasteiger partial charge in [0.05, 0.1) is 11.8 Å². The Balaban J connectivity index is 2.03. The number of aryl methyl sites for hydroxylation is 2. The van der Waals surface area contributed by atoms with Crippen LogP contribution in [0.3, 0.4) is 0 Å². The first-order valence-electron chi connectivity index (χ1n) is 6.16. The summed E-state index contributed by atoms with van der Waals surface area (Å²) in [6.45, 7) is 3.15. The van der Waals surface area contributed by atoms with Crippen LogP contribution in [0, 0.1) is 6.92 Å². The highest BCUT2D eigenvalue weighted by Gasteiger charge is 2.25. The molecule has 1 saturated heterocycles. The maximum atomic E-state index is 11.3. The maximum absolute atomic E-state index is 11.3. The fraction of sp³-hybridized carbons (Fsp3) is 0.667. The minimum absolute atomic E-state index is 0.129. The fourth-order valence-electron chi connectivity index (χ4n) is 2.29. The summed E-state index contributed by atoms with van der Waals surface area (Å²) in [5, 5.41) is 16.5. The van der Waals surface area contributed by atoms with Gasteiger partial charge in [-0.3, -0.25) is 14.8 Å². The van der Waals surface area contributed by atoms with Crippen molar-refractivity contribution in [2.24, 2.45) is 7.05 Å². The second-order valence-corrected chi connectivity index (χ2v) is 4.66. The second kappa shape index (κ2) is 5.49. The Labute approximate surface area is 106 Å². The van der Waals surface area contributed by atoms with Gasteiger partial charge in [0.25, 0.3) is 0 Å². The first kappa shape index (κ1) is 13.0. The summed E-state index contributed by atoms with van der Waals surface area (Å²) in [7, 11) is 1.79. The largest absolute Gasteiger partial charge is 0.480 e. The molecular formula is C12H19N3O3. The lowest BCUT2D eigenvalue weighted by Gasteiger charge is -2.16. The summed E-state index contributed by atoms with van der Waals surface area (Å²) in [6.07, 6.45) is 3.92. The summed E-state index contributed by atoms with van der Waals surface area (Å²) in [5.74, 6) is -0.885. The molecule has 1 aromatic heterocycles. The average Bonchev–Trinajstić information content (AvgIpc) is 2.89. The predicted molar refractivity (Wildman–Crippen MR) is 65.3 cm³/mol. The Kier molecular flexibility index (Phi) is 3.98. The van der Waals surface area contributed by atoms with Crippen LogP contribution >= 0.6 is 0 Å². The highest BCUT2D eigenvalue weighted by Crippen LogP contribution is 2.18. The number of nitrogens with one attached hydrogen (secondary N) is 1. The average molecular weight is 253 g/mol. The van der Waals surface area contributed by atoms with Gasteiger partial charge in [0.2, 0.25) is 0 Å². The molecule has 0 aliphatic carbocycles. The number of carboxylic acid groups (broad SMARTS) is 1. The monoisotopic (exact) mass is 253 g/mol. The highest BCUT2D eigenvalue weighted by molar-refractivity contribution is 5.75. The van der Waals surface area contributed by atoms with Crippen molar-refractivity contribution in [3.05, 3.63) is 17.5 Å². The van der Waals surface area contributed by atoms with Gasteiger partial charge in [0.15, 0.2) is 0 Å². The molecule has 0 radical (unpaired) electrons. The summed E-state index contributed by atoms with van der Waals surface area (Å²) < 4.78 is 7.11. The molecule has 100 valence electrons. The van der Waals surface area contributed by atoms with E-state index in [2.05, 4.69) is 10.4 Å². The number of aromatic nitrogens is 2. The minimum atomic E-state index is -0.885. The first-order valence-corrected chi connectivity index (χ1v) is 6.16. The number of rotatable bonds is 5. The Morgan fingerprint density at radius 2 is 2.56 bits per heavy atom. The number of ether oxygens (including phenoxy) is 1. The highest BCUT2D eigenvalue weighted by atomic mass is 16.5. The van der Waals surface area contributed by atoms with Gasteiger partial charge in [-0.1, -0.05) is 0 Å². The first-order chi connectivity index (χ1) is 8.58. The molecule has 18 heavy (non-hydrogen) atoms. The zero-order valence-corrected chi connectivity index (χ0v) is 10.7. The molecule has 0 amide bonds. The number of hydrogen-bond donors (Lipinski definition) is 2. The second-order valence-electron chi connectivity index (χ2n) is 4.66. The van der Waals surface area contributed by atoms with Crippen LogP contribution in [0.2, 0.25) is 0 Å². The van der Waals surface area contributed by atoms with Crippen LogP contribution in [0.15, 0.2) is 6.20 Å². The smallest absolute Gasteiger partial charge is 0.325 e. The predicted octanol–water partition coefficient (Wildman–Crippen LogP) is 0.623. The zero-order chi connectivity index (χ0) is 13.1. The molecule has 0 bridgehead atoms. The van der Waals surface area contributed by atoms with Crippen LogP contribution in [0.5, 0.6) is 0 Å². The number of carbonyl (C=O) groups is 1. The van der Waals surface area contributed by atoms with Crippen molar-refractivity contribution in [1.82, 2.24) is 15.1 Å². The van der Waals surface area contributed by atoms with Crippen LogP contribution in [-0.4, -0.2) is 40.1 Å². The Morgan fingerprint density at radius 1 is 1.78 bits per heavy atom. The molecule has 1 fully saturated rings. The van der Waals surface area contributed by atoms with Crippen molar-refractivity contribution in [3.8, 4) is 0 Å². The van der Waals surface area contributed by atoms with E-state index in [1.807, 2.05) is 6.92 Å². The molecule has 1 aliphatic rings. The van der Waals surface area contributed by atoms with Crippen molar-refractivity contribution in [2.75, 3.05) is 13.2 Å². The van der Waals surface area contributed by atoms with E-state index in [9.17, 15) is 9.90 Å². The van der Waals surface area contributed by atoms with Crippen molar-refractivity contribution in [3.63, 3.8) is 0 Å². The van der Waals surface area contributed by atoms with Crippen molar-refractivity contribution >= 4 is 5.97 Å². The van der Waals surface area contributed by atoms with Gasteiger partial charge in [-0.05, 0) is 19.8 Å². The normalized spacial score (nSPS) is 21.1.